The number of nitrogens with one attached hydrogen (secondary N) is 1. The van der Waals surface area contributed by atoms with Gasteiger partial charge in [-0.2, -0.15) is 18.4 Å². The van der Waals surface area contributed by atoms with Crippen LogP contribution in [0.25, 0.3) is 0 Å². The van der Waals surface area contributed by atoms with Crippen molar-refractivity contribution in [3.8, 4) is 0 Å². The first-order valence-electron chi connectivity index (χ1n) is 4.49. The Labute approximate surface area is 110 Å². The van der Waals surface area contributed by atoms with Gasteiger partial charge in [-0.05, 0) is 18.2 Å². The number of halogens is 2. The van der Waals surface area contributed by atoms with Crippen molar-refractivity contribution in [1.82, 2.24) is 9.73 Å². The van der Waals surface area contributed by atoms with Crippen LogP contribution in [0.3, 0.4) is 0 Å². The lowest BCUT2D eigenvalue weighted by atomic mass is 10.4. The molecule has 1 aromatic rings. The van der Waals surface area contributed by atoms with Crippen LogP contribution in [0.1, 0.15) is 0 Å². The summed E-state index contributed by atoms with van der Waals surface area (Å²) >= 11 is 11.4. The van der Waals surface area contributed by atoms with Crippen LogP contribution in [0.4, 0.5) is 0 Å². The summed E-state index contributed by atoms with van der Waals surface area (Å²) in [5.74, 6) is 0. The van der Waals surface area contributed by atoms with Crippen LogP contribution in [0, 0.1) is 0 Å². The average molecular weight is 296 g/mol. The summed E-state index contributed by atoms with van der Waals surface area (Å²) in [5, 5.41) is 4.02. The number of hydrazone groups is 1. The summed E-state index contributed by atoms with van der Waals surface area (Å²) in [6.07, 6.45) is 1.33. The molecule has 1 rings (SSSR count). The highest BCUT2D eigenvalue weighted by Gasteiger charge is 2.14. The van der Waals surface area contributed by atoms with Gasteiger partial charge in [0.2, 0.25) is 0 Å². The maximum absolute atomic E-state index is 11.7. The van der Waals surface area contributed by atoms with Crippen LogP contribution in [-0.2, 0) is 10.0 Å². The molecule has 0 amide bonds. The number of sulfonamides is 1. The molecule has 0 heterocycles. The summed E-state index contributed by atoms with van der Waals surface area (Å²) < 4.78 is 23.5. The molecule has 0 aliphatic heterocycles. The molecule has 0 atom stereocenters. The molecule has 94 valence electrons. The molecule has 0 aromatic heterocycles. The predicted octanol–water partition coefficient (Wildman–Crippen LogP) is 1.78. The lowest BCUT2D eigenvalue weighted by Gasteiger charge is -2.06. The molecular formula is C9H11Cl2N3O2S. The molecule has 0 saturated heterocycles. The van der Waals surface area contributed by atoms with Crippen LogP contribution >= 0.6 is 23.2 Å². The molecule has 0 fully saturated rings. The summed E-state index contributed by atoms with van der Waals surface area (Å²) in [5.41, 5.74) is 0. The fraction of sp³-hybridized carbons (Fsp3) is 0.222. The largest absolute Gasteiger partial charge is 0.367 e. The zero-order valence-corrected chi connectivity index (χ0v) is 11.5. The van der Waals surface area contributed by atoms with Crippen LogP contribution in [-0.4, -0.2) is 33.8 Å². The van der Waals surface area contributed by atoms with Crippen molar-refractivity contribution in [3.63, 3.8) is 0 Å². The third kappa shape index (κ3) is 4.07. The number of rotatable bonds is 4. The fourth-order valence-corrected chi connectivity index (χ4v) is 2.08. The standard InChI is InChI=1S/C9H11Cl2N3O2S/c1-14(2)6-12-13-17(15,16)7-3-4-8(10)9(11)5-7/h3-6,13H,1-2H3. The highest BCUT2D eigenvalue weighted by atomic mass is 35.5. The van der Waals surface area contributed by atoms with E-state index in [1.54, 1.807) is 19.0 Å². The van der Waals surface area contributed by atoms with Gasteiger partial charge in [-0.1, -0.05) is 23.2 Å². The van der Waals surface area contributed by atoms with E-state index in [-0.39, 0.29) is 9.92 Å². The van der Waals surface area contributed by atoms with Crippen LogP contribution in [0.2, 0.25) is 10.0 Å². The van der Waals surface area contributed by atoms with E-state index >= 15 is 0 Å². The fourth-order valence-electron chi connectivity index (χ4n) is 0.905. The first kappa shape index (κ1) is 14.1. The zero-order chi connectivity index (χ0) is 13.1. The van der Waals surface area contributed by atoms with Crippen LogP contribution in [0.15, 0.2) is 28.2 Å². The monoisotopic (exact) mass is 295 g/mol. The maximum Gasteiger partial charge on any atom is 0.276 e. The lowest BCUT2D eigenvalue weighted by molar-refractivity contribution is 0.581. The minimum atomic E-state index is -3.71. The van der Waals surface area contributed by atoms with Gasteiger partial charge in [0.1, 0.15) is 6.34 Å². The van der Waals surface area contributed by atoms with Gasteiger partial charge in [0, 0.05) is 14.1 Å². The highest BCUT2D eigenvalue weighted by Crippen LogP contribution is 2.24. The number of hydrogen-bond donors (Lipinski definition) is 1. The molecule has 1 aromatic carbocycles. The van der Waals surface area contributed by atoms with Crippen LogP contribution < -0.4 is 4.83 Å². The molecule has 0 radical (unpaired) electrons. The first-order valence-corrected chi connectivity index (χ1v) is 6.73. The SMILES string of the molecule is CN(C)C=NNS(=O)(=O)c1ccc(Cl)c(Cl)c1. The molecule has 0 aliphatic carbocycles. The molecular weight excluding hydrogens is 285 g/mol. The molecule has 0 aliphatic rings. The minimum absolute atomic E-state index is 0.00260. The summed E-state index contributed by atoms with van der Waals surface area (Å²) in [6, 6.07) is 4.02. The molecule has 0 unspecified atom stereocenters. The Kier molecular flexibility index (Phi) is 4.62. The average Bonchev–Trinajstić information content (AvgIpc) is 2.21. The van der Waals surface area contributed by atoms with E-state index in [0.29, 0.717) is 5.02 Å². The summed E-state index contributed by atoms with van der Waals surface area (Å²) in [6.45, 7) is 0. The van der Waals surface area contributed by atoms with Crippen molar-refractivity contribution in [2.75, 3.05) is 14.1 Å². The van der Waals surface area contributed by atoms with Crippen molar-refractivity contribution in [1.29, 1.82) is 0 Å². The van der Waals surface area contributed by atoms with Gasteiger partial charge in [0.05, 0.1) is 14.9 Å². The third-order valence-electron chi connectivity index (χ3n) is 1.66. The van der Waals surface area contributed by atoms with E-state index in [1.165, 1.54) is 24.5 Å². The molecule has 0 saturated carbocycles. The van der Waals surface area contributed by atoms with Gasteiger partial charge in [0.25, 0.3) is 10.0 Å². The van der Waals surface area contributed by atoms with E-state index in [4.69, 9.17) is 23.2 Å². The van der Waals surface area contributed by atoms with Gasteiger partial charge in [-0.3, -0.25) is 0 Å². The van der Waals surface area contributed by atoms with Gasteiger partial charge in [-0.25, -0.2) is 0 Å². The van der Waals surface area contributed by atoms with Crippen LogP contribution in [0.5, 0.6) is 0 Å². The van der Waals surface area contributed by atoms with E-state index in [2.05, 4.69) is 9.93 Å². The van der Waals surface area contributed by atoms with Crippen molar-refractivity contribution in [2.45, 2.75) is 4.90 Å². The normalized spacial score (nSPS) is 11.8. The third-order valence-corrected chi connectivity index (χ3v) is 3.62. The topological polar surface area (TPSA) is 61.8 Å². The Morgan fingerprint density at radius 3 is 2.47 bits per heavy atom. The quantitative estimate of drug-likeness (QED) is 0.523. The predicted molar refractivity (Wildman–Crippen MR) is 69.0 cm³/mol. The Morgan fingerprint density at radius 2 is 1.94 bits per heavy atom. The van der Waals surface area contributed by atoms with Gasteiger partial charge < -0.3 is 4.90 Å². The minimum Gasteiger partial charge on any atom is -0.367 e. The van der Waals surface area contributed by atoms with Crippen molar-refractivity contribution in [2.24, 2.45) is 5.10 Å². The highest BCUT2D eigenvalue weighted by molar-refractivity contribution is 7.89. The van der Waals surface area contributed by atoms with Crippen molar-refractivity contribution >= 4 is 39.6 Å². The number of nitrogens with zero attached hydrogens (tertiary/aromatic N) is 2. The lowest BCUT2D eigenvalue weighted by Crippen LogP contribution is -2.20. The van der Waals surface area contributed by atoms with E-state index in [0.717, 1.165) is 0 Å². The Bertz CT molecular complexity index is 529. The Balaban J connectivity index is 2.94. The molecule has 17 heavy (non-hydrogen) atoms. The Hall–Kier alpha value is -0.980. The summed E-state index contributed by atoms with van der Waals surface area (Å²) in [7, 11) is -0.274. The molecule has 8 heteroatoms. The number of benzene rings is 1. The van der Waals surface area contributed by atoms with Gasteiger partial charge in [-0.15, -0.1) is 0 Å². The smallest absolute Gasteiger partial charge is 0.276 e. The summed E-state index contributed by atoms with van der Waals surface area (Å²) in [4.78, 5) is 3.65. The zero-order valence-electron chi connectivity index (χ0n) is 9.18. The van der Waals surface area contributed by atoms with Crippen molar-refractivity contribution in [3.05, 3.63) is 28.2 Å². The molecule has 0 spiro atoms. The second kappa shape index (κ2) is 5.57. The van der Waals surface area contributed by atoms with E-state index in [9.17, 15) is 8.42 Å². The van der Waals surface area contributed by atoms with E-state index in [1.807, 2.05) is 0 Å². The molecule has 0 bridgehead atoms. The van der Waals surface area contributed by atoms with Gasteiger partial charge >= 0.3 is 0 Å². The molecule has 1 N–H and O–H groups in total. The maximum atomic E-state index is 11.7. The van der Waals surface area contributed by atoms with Gasteiger partial charge in [0.15, 0.2) is 0 Å². The number of hydrogen-bond acceptors (Lipinski definition) is 3. The van der Waals surface area contributed by atoms with E-state index < -0.39 is 10.0 Å². The van der Waals surface area contributed by atoms with Crippen molar-refractivity contribution < 1.29 is 8.42 Å². The second-order valence-corrected chi connectivity index (χ2v) is 5.85. The Morgan fingerprint density at radius 1 is 1.29 bits per heavy atom. The molecule has 5 nitrogen and oxygen atoms in total. The second-order valence-electron chi connectivity index (χ2n) is 3.38. The first-order chi connectivity index (χ1) is 7.83.